The van der Waals surface area contributed by atoms with Crippen LogP contribution in [-0.2, 0) is 5.79 Å². The standard InChI is InChI=1S/C15H16O2/c1-4-11-14(3,12-5-2)15(16,17)13-9-7-6-8-10-13/h1-2,6-10,16-17H,11-12H2,3H3. The SMILES string of the molecule is C#CCC(C)(CC#C)C(O)(O)c1ccccc1. The molecule has 0 spiro atoms. The van der Waals surface area contributed by atoms with Gasteiger partial charge in [-0.25, -0.2) is 0 Å². The highest BCUT2D eigenvalue weighted by molar-refractivity contribution is 5.24. The number of aliphatic hydroxyl groups is 2. The maximum Gasteiger partial charge on any atom is 0.197 e. The lowest BCUT2D eigenvalue weighted by atomic mass is 9.73. The Kier molecular flexibility index (Phi) is 3.97. The fourth-order valence-electron chi connectivity index (χ4n) is 1.78. The summed E-state index contributed by atoms with van der Waals surface area (Å²) in [5, 5.41) is 20.7. The molecular weight excluding hydrogens is 212 g/mol. The predicted octanol–water partition coefficient (Wildman–Crippen LogP) is 1.88. The van der Waals surface area contributed by atoms with E-state index in [0.717, 1.165) is 0 Å². The fourth-order valence-corrected chi connectivity index (χ4v) is 1.78. The van der Waals surface area contributed by atoms with Crippen molar-refractivity contribution in [1.29, 1.82) is 0 Å². The van der Waals surface area contributed by atoms with Crippen LogP contribution in [0.25, 0.3) is 0 Å². The van der Waals surface area contributed by atoms with Crippen molar-refractivity contribution >= 4 is 0 Å². The lowest BCUT2D eigenvalue weighted by Gasteiger charge is -2.39. The zero-order chi connectivity index (χ0) is 12.9. The molecule has 0 fully saturated rings. The molecule has 0 aliphatic rings. The molecule has 1 rings (SSSR count). The van der Waals surface area contributed by atoms with E-state index in [9.17, 15) is 10.2 Å². The minimum Gasteiger partial charge on any atom is -0.361 e. The summed E-state index contributed by atoms with van der Waals surface area (Å²) in [6, 6.07) is 8.57. The van der Waals surface area contributed by atoms with Crippen molar-refractivity contribution in [2.75, 3.05) is 0 Å². The minimum atomic E-state index is -2.03. The highest BCUT2D eigenvalue weighted by Crippen LogP contribution is 2.42. The summed E-state index contributed by atoms with van der Waals surface area (Å²) in [5.74, 6) is 2.87. The fraction of sp³-hybridized carbons (Fsp3) is 0.333. The molecule has 0 bridgehead atoms. The second kappa shape index (κ2) is 5.06. The quantitative estimate of drug-likeness (QED) is 0.610. The second-order valence-corrected chi connectivity index (χ2v) is 4.36. The highest BCUT2D eigenvalue weighted by atomic mass is 16.5. The van der Waals surface area contributed by atoms with Gasteiger partial charge in [-0.15, -0.1) is 24.7 Å². The van der Waals surface area contributed by atoms with Crippen LogP contribution in [0, 0.1) is 30.1 Å². The molecule has 0 unspecified atom stereocenters. The minimum absolute atomic E-state index is 0.194. The molecule has 0 amide bonds. The van der Waals surface area contributed by atoms with Gasteiger partial charge in [0.15, 0.2) is 5.79 Å². The molecule has 0 heterocycles. The Morgan fingerprint density at radius 1 is 1.06 bits per heavy atom. The van der Waals surface area contributed by atoms with Gasteiger partial charge >= 0.3 is 0 Å². The first kappa shape index (κ1) is 13.3. The molecule has 2 N–H and O–H groups in total. The van der Waals surface area contributed by atoms with Gasteiger partial charge < -0.3 is 10.2 Å². The summed E-state index contributed by atoms with van der Waals surface area (Å²) >= 11 is 0. The third-order valence-electron chi connectivity index (χ3n) is 3.00. The average molecular weight is 228 g/mol. The van der Waals surface area contributed by atoms with Crippen LogP contribution in [0.15, 0.2) is 30.3 Å². The van der Waals surface area contributed by atoms with Gasteiger partial charge in [0.2, 0.25) is 0 Å². The average Bonchev–Trinajstić information content (AvgIpc) is 2.30. The van der Waals surface area contributed by atoms with Crippen LogP contribution in [0.1, 0.15) is 25.3 Å². The summed E-state index contributed by atoms with van der Waals surface area (Å²) in [7, 11) is 0. The van der Waals surface area contributed by atoms with Gasteiger partial charge in [-0.1, -0.05) is 37.3 Å². The highest BCUT2D eigenvalue weighted by Gasteiger charge is 2.46. The van der Waals surface area contributed by atoms with Gasteiger partial charge in [0.1, 0.15) is 0 Å². The van der Waals surface area contributed by atoms with E-state index in [4.69, 9.17) is 12.8 Å². The molecule has 17 heavy (non-hydrogen) atoms. The largest absolute Gasteiger partial charge is 0.361 e. The van der Waals surface area contributed by atoms with Gasteiger partial charge in [-0.2, -0.15) is 0 Å². The molecule has 2 nitrogen and oxygen atoms in total. The number of benzene rings is 1. The second-order valence-electron chi connectivity index (χ2n) is 4.36. The number of hydrogen-bond acceptors (Lipinski definition) is 2. The summed E-state index contributed by atoms with van der Waals surface area (Å²) in [6.45, 7) is 1.68. The van der Waals surface area contributed by atoms with Crippen molar-refractivity contribution in [1.82, 2.24) is 0 Å². The monoisotopic (exact) mass is 228 g/mol. The van der Waals surface area contributed by atoms with Crippen molar-refractivity contribution < 1.29 is 10.2 Å². The van der Waals surface area contributed by atoms with Crippen molar-refractivity contribution in [3.05, 3.63) is 35.9 Å². The van der Waals surface area contributed by atoms with E-state index >= 15 is 0 Å². The smallest absolute Gasteiger partial charge is 0.197 e. The van der Waals surface area contributed by atoms with Crippen LogP contribution in [0.3, 0.4) is 0 Å². The Morgan fingerprint density at radius 3 is 1.94 bits per heavy atom. The van der Waals surface area contributed by atoms with Gasteiger partial charge in [-0.3, -0.25) is 0 Å². The van der Waals surface area contributed by atoms with Crippen LogP contribution < -0.4 is 0 Å². The van der Waals surface area contributed by atoms with Crippen LogP contribution >= 0.6 is 0 Å². The first-order valence-electron chi connectivity index (χ1n) is 5.35. The van der Waals surface area contributed by atoms with E-state index in [-0.39, 0.29) is 12.8 Å². The molecule has 0 saturated heterocycles. The Hall–Kier alpha value is -1.74. The Balaban J connectivity index is 3.19. The van der Waals surface area contributed by atoms with Gasteiger partial charge in [-0.05, 0) is 0 Å². The van der Waals surface area contributed by atoms with E-state index in [0.29, 0.717) is 5.56 Å². The molecule has 0 radical (unpaired) electrons. The number of rotatable bonds is 4. The lowest BCUT2D eigenvalue weighted by Crippen LogP contribution is -2.43. The third kappa shape index (κ3) is 2.50. The summed E-state index contributed by atoms with van der Waals surface area (Å²) in [4.78, 5) is 0. The lowest BCUT2D eigenvalue weighted by molar-refractivity contribution is -0.246. The van der Waals surface area contributed by atoms with Crippen molar-refractivity contribution in [3.63, 3.8) is 0 Å². The Labute approximate surface area is 102 Å². The maximum absolute atomic E-state index is 10.3. The van der Waals surface area contributed by atoms with Gasteiger partial charge in [0.25, 0.3) is 0 Å². The van der Waals surface area contributed by atoms with Crippen molar-refractivity contribution in [3.8, 4) is 24.7 Å². The molecule has 1 aromatic carbocycles. The zero-order valence-corrected chi connectivity index (χ0v) is 9.85. The first-order valence-corrected chi connectivity index (χ1v) is 5.35. The Morgan fingerprint density at radius 2 is 1.53 bits per heavy atom. The molecule has 0 atom stereocenters. The van der Waals surface area contributed by atoms with Crippen molar-refractivity contribution in [2.45, 2.75) is 25.6 Å². The maximum atomic E-state index is 10.3. The van der Waals surface area contributed by atoms with E-state index < -0.39 is 11.2 Å². The van der Waals surface area contributed by atoms with E-state index in [1.165, 1.54) is 0 Å². The summed E-state index contributed by atoms with van der Waals surface area (Å²) in [6.07, 6.45) is 10.9. The van der Waals surface area contributed by atoms with Gasteiger partial charge in [0, 0.05) is 23.8 Å². The Bertz CT molecular complexity index is 430. The topological polar surface area (TPSA) is 40.5 Å². The number of terminal acetylenes is 2. The van der Waals surface area contributed by atoms with Crippen LogP contribution in [0.4, 0.5) is 0 Å². The van der Waals surface area contributed by atoms with Crippen LogP contribution in [0.2, 0.25) is 0 Å². The molecule has 0 aliphatic carbocycles. The van der Waals surface area contributed by atoms with Crippen LogP contribution in [-0.4, -0.2) is 10.2 Å². The molecule has 1 aromatic rings. The molecule has 2 heteroatoms. The third-order valence-corrected chi connectivity index (χ3v) is 3.00. The molecule has 0 saturated carbocycles. The van der Waals surface area contributed by atoms with Crippen molar-refractivity contribution in [2.24, 2.45) is 5.41 Å². The normalized spacial score (nSPS) is 11.6. The van der Waals surface area contributed by atoms with E-state index in [2.05, 4.69) is 11.8 Å². The van der Waals surface area contributed by atoms with Gasteiger partial charge in [0.05, 0.1) is 0 Å². The summed E-state index contributed by atoms with van der Waals surface area (Å²) in [5.41, 5.74) is -0.564. The molecule has 0 aromatic heterocycles. The molecule has 0 aliphatic heterocycles. The summed E-state index contributed by atoms with van der Waals surface area (Å²) < 4.78 is 0. The molecular formula is C15H16O2. The molecule has 88 valence electrons. The van der Waals surface area contributed by atoms with E-state index in [1.54, 1.807) is 37.3 Å². The van der Waals surface area contributed by atoms with E-state index in [1.807, 2.05) is 0 Å². The first-order chi connectivity index (χ1) is 7.98. The number of hydrogen-bond donors (Lipinski definition) is 2. The zero-order valence-electron chi connectivity index (χ0n) is 9.85. The van der Waals surface area contributed by atoms with Crippen LogP contribution in [0.5, 0.6) is 0 Å². The predicted molar refractivity (Wildman–Crippen MR) is 67.6 cm³/mol.